The van der Waals surface area contributed by atoms with Crippen LogP contribution in [0.5, 0.6) is 0 Å². The molecule has 86 valence electrons. The number of hydrogen-bond donors (Lipinski definition) is 1. The molecular weight excluding hydrogens is 229 g/mol. The zero-order valence-electron chi connectivity index (χ0n) is 8.55. The Morgan fingerprint density at radius 2 is 1.94 bits per heavy atom. The molecule has 0 aliphatic heterocycles. The second kappa shape index (κ2) is 3.98. The topological polar surface area (TPSA) is 39.6 Å². The Morgan fingerprint density at radius 3 is 2.53 bits per heavy atom. The van der Waals surface area contributed by atoms with Crippen molar-refractivity contribution in [2.45, 2.75) is 6.18 Å². The van der Waals surface area contributed by atoms with Crippen LogP contribution in [0.1, 0.15) is 11.1 Å². The van der Waals surface area contributed by atoms with Crippen LogP contribution in [-0.4, -0.2) is 4.98 Å². The van der Waals surface area contributed by atoms with Gasteiger partial charge in [-0.3, -0.25) is 0 Å². The van der Waals surface area contributed by atoms with E-state index in [2.05, 4.69) is 4.98 Å². The van der Waals surface area contributed by atoms with Crippen LogP contribution < -0.4 is 0 Å². The summed E-state index contributed by atoms with van der Waals surface area (Å²) in [5.74, 6) is 0. The van der Waals surface area contributed by atoms with E-state index in [0.29, 0.717) is 16.8 Å². The third-order valence-corrected chi connectivity index (χ3v) is 2.31. The summed E-state index contributed by atoms with van der Waals surface area (Å²) in [6.45, 7) is 0. The van der Waals surface area contributed by atoms with Crippen LogP contribution in [0.15, 0.2) is 36.5 Å². The van der Waals surface area contributed by atoms with Crippen LogP contribution in [0.2, 0.25) is 0 Å². The molecule has 1 aromatic heterocycles. The van der Waals surface area contributed by atoms with Crippen molar-refractivity contribution >= 4 is 0 Å². The van der Waals surface area contributed by atoms with Gasteiger partial charge >= 0.3 is 6.18 Å². The van der Waals surface area contributed by atoms with Gasteiger partial charge in [0.1, 0.15) is 6.07 Å². The first-order chi connectivity index (χ1) is 8.00. The largest absolute Gasteiger partial charge is 0.416 e. The summed E-state index contributed by atoms with van der Waals surface area (Å²) in [6, 6.07) is 8.37. The number of nitrogens with zero attached hydrogens (tertiary/aromatic N) is 1. The normalized spacial score (nSPS) is 11.2. The average molecular weight is 236 g/mol. The van der Waals surface area contributed by atoms with Crippen LogP contribution in [0, 0.1) is 11.3 Å². The first kappa shape index (κ1) is 11.3. The second-order valence-electron chi connectivity index (χ2n) is 3.49. The molecule has 0 aliphatic carbocycles. The molecule has 0 unspecified atom stereocenters. The quantitative estimate of drug-likeness (QED) is 0.807. The van der Waals surface area contributed by atoms with Gasteiger partial charge < -0.3 is 4.98 Å². The number of benzene rings is 1. The van der Waals surface area contributed by atoms with E-state index < -0.39 is 11.7 Å². The van der Waals surface area contributed by atoms with E-state index in [1.165, 1.54) is 18.3 Å². The Morgan fingerprint density at radius 1 is 1.18 bits per heavy atom. The Kier molecular flexibility index (Phi) is 2.64. The predicted molar refractivity (Wildman–Crippen MR) is 55.9 cm³/mol. The smallest absolute Gasteiger partial charge is 0.360 e. The van der Waals surface area contributed by atoms with E-state index in [9.17, 15) is 13.2 Å². The van der Waals surface area contributed by atoms with Gasteiger partial charge in [0.2, 0.25) is 0 Å². The molecule has 5 heteroatoms. The van der Waals surface area contributed by atoms with E-state index in [1.54, 1.807) is 6.07 Å². The predicted octanol–water partition coefficient (Wildman–Crippen LogP) is 3.57. The molecule has 0 amide bonds. The Balaban J connectivity index is 2.44. The van der Waals surface area contributed by atoms with Crippen molar-refractivity contribution in [3.8, 4) is 17.3 Å². The first-order valence-corrected chi connectivity index (χ1v) is 4.77. The number of hydrogen-bond acceptors (Lipinski definition) is 1. The van der Waals surface area contributed by atoms with Crippen molar-refractivity contribution in [3.63, 3.8) is 0 Å². The number of rotatable bonds is 1. The van der Waals surface area contributed by atoms with Gasteiger partial charge in [-0.15, -0.1) is 0 Å². The highest BCUT2D eigenvalue weighted by Crippen LogP contribution is 2.31. The summed E-state index contributed by atoms with van der Waals surface area (Å²) in [6.07, 6.45) is -2.91. The molecule has 17 heavy (non-hydrogen) atoms. The van der Waals surface area contributed by atoms with Gasteiger partial charge in [0.25, 0.3) is 0 Å². The summed E-state index contributed by atoms with van der Waals surface area (Å²) in [7, 11) is 0. The van der Waals surface area contributed by atoms with E-state index in [1.807, 2.05) is 6.07 Å². The highest BCUT2D eigenvalue weighted by molar-refractivity contribution is 5.62. The van der Waals surface area contributed by atoms with Crippen LogP contribution >= 0.6 is 0 Å². The second-order valence-corrected chi connectivity index (χ2v) is 3.49. The van der Waals surface area contributed by atoms with Crippen molar-refractivity contribution in [2.24, 2.45) is 0 Å². The minimum Gasteiger partial charge on any atom is -0.360 e. The van der Waals surface area contributed by atoms with Gasteiger partial charge in [-0.2, -0.15) is 18.4 Å². The standard InChI is InChI=1S/C12H7F3N2/c13-12(14,15)10-3-1-2-9(5-10)11-4-8(6-16)7-17-11/h1-5,7,17H. The van der Waals surface area contributed by atoms with E-state index >= 15 is 0 Å². The lowest BCUT2D eigenvalue weighted by molar-refractivity contribution is -0.137. The van der Waals surface area contributed by atoms with Gasteiger partial charge in [-0.25, -0.2) is 0 Å². The maximum absolute atomic E-state index is 12.5. The van der Waals surface area contributed by atoms with E-state index in [0.717, 1.165) is 12.1 Å². The molecule has 0 atom stereocenters. The molecule has 2 nitrogen and oxygen atoms in total. The Labute approximate surface area is 95.3 Å². The van der Waals surface area contributed by atoms with Crippen molar-refractivity contribution in [3.05, 3.63) is 47.7 Å². The molecule has 2 rings (SSSR count). The van der Waals surface area contributed by atoms with Crippen LogP contribution in [-0.2, 0) is 6.18 Å². The van der Waals surface area contributed by atoms with Gasteiger partial charge in [-0.05, 0) is 23.8 Å². The summed E-state index contributed by atoms with van der Waals surface area (Å²) in [5, 5.41) is 8.63. The van der Waals surface area contributed by atoms with E-state index in [4.69, 9.17) is 5.26 Å². The van der Waals surface area contributed by atoms with Crippen molar-refractivity contribution in [1.29, 1.82) is 5.26 Å². The summed E-state index contributed by atoms with van der Waals surface area (Å²) >= 11 is 0. The Bertz CT molecular complexity index is 576. The van der Waals surface area contributed by atoms with Gasteiger partial charge in [-0.1, -0.05) is 12.1 Å². The van der Waals surface area contributed by atoms with Crippen LogP contribution in [0.25, 0.3) is 11.3 Å². The molecule has 0 spiro atoms. The zero-order valence-corrected chi connectivity index (χ0v) is 8.55. The summed E-state index contributed by atoms with van der Waals surface area (Å²) < 4.78 is 37.5. The maximum Gasteiger partial charge on any atom is 0.416 e. The molecule has 0 saturated heterocycles. The monoisotopic (exact) mass is 236 g/mol. The molecule has 0 fully saturated rings. The number of halogens is 3. The number of nitriles is 1. The van der Waals surface area contributed by atoms with Crippen molar-refractivity contribution < 1.29 is 13.2 Å². The molecule has 1 heterocycles. The van der Waals surface area contributed by atoms with Crippen molar-refractivity contribution in [2.75, 3.05) is 0 Å². The van der Waals surface area contributed by atoms with Gasteiger partial charge in [0.15, 0.2) is 0 Å². The SMILES string of the molecule is N#Cc1c[nH]c(-c2cccc(C(F)(F)F)c2)c1. The van der Waals surface area contributed by atoms with Crippen molar-refractivity contribution in [1.82, 2.24) is 4.98 Å². The lowest BCUT2D eigenvalue weighted by atomic mass is 10.1. The number of aromatic amines is 1. The zero-order chi connectivity index (χ0) is 12.5. The first-order valence-electron chi connectivity index (χ1n) is 4.77. The molecule has 0 radical (unpaired) electrons. The third-order valence-electron chi connectivity index (χ3n) is 2.31. The summed E-state index contributed by atoms with van der Waals surface area (Å²) in [5.41, 5.74) is 0.578. The van der Waals surface area contributed by atoms with E-state index in [-0.39, 0.29) is 0 Å². The van der Waals surface area contributed by atoms with Crippen LogP contribution in [0.4, 0.5) is 13.2 Å². The fourth-order valence-corrected chi connectivity index (χ4v) is 1.49. The van der Waals surface area contributed by atoms with Crippen LogP contribution in [0.3, 0.4) is 0 Å². The average Bonchev–Trinajstić information content (AvgIpc) is 2.76. The number of aromatic nitrogens is 1. The lowest BCUT2D eigenvalue weighted by Gasteiger charge is -2.07. The minimum absolute atomic E-state index is 0.386. The minimum atomic E-state index is -4.36. The molecule has 0 bridgehead atoms. The fourth-order valence-electron chi connectivity index (χ4n) is 1.49. The molecule has 0 aliphatic rings. The molecule has 0 saturated carbocycles. The Hall–Kier alpha value is -2.22. The van der Waals surface area contributed by atoms with Gasteiger partial charge in [0, 0.05) is 11.9 Å². The summed E-state index contributed by atoms with van der Waals surface area (Å²) in [4.78, 5) is 2.76. The number of nitrogens with one attached hydrogen (secondary N) is 1. The number of alkyl halides is 3. The fraction of sp³-hybridized carbons (Fsp3) is 0.0833. The maximum atomic E-state index is 12.5. The third kappa shape index (κ3) is 2.31. The highest BCUT2D eigenvalue weighted by atomic mass is 19.4. The molecule has 1 N–H and O–H groups in total. The lowest BCUT2D eigenvalue weighted by Crippen LogP contribution is -2.04. The number of H-pyrrole nitrogens is 1. The van der Waals surface area contributed by atoms with Gasteiger partial charge in [0.05, 0.1) is 11.1 Å². The molecule has 2 aromatic rings. The molecule has 1 aromatic carbocycles. The molecular formula is C12H7F3N2. The highest BCUT2D eigenvalue weighted by Gasteiger charge is 2.30.